The lowest BCUT2D eigenvalue weighted by Gasteiger charge is -2.14. The maximum atomic E-state index is 12.0. The number of benzene rings is 2. The lowest BCUT2D eigenvalue weighted by Crippen LogP contribution is -2.05. The normalized spacial score (nSPS) is 11.3. The number of carboxylic acid groups (broad SMARTS) is 1. The summed E-state index contributed by atoms with van der Waals surface area (Å²) in [5.41, 5.74) is 0.0570. The second-order valence-electron chi connectivity index (χ2n) is 6.13. The average Bonchev–Trinajstić information content (AvgIpc) is 2.75. The third kappa shape index (κ3) is 4.57. The quantitative estimate of drug-likeness (QED) is 0.205. The third-order valence-corrected chi connectivity index (χ3v) is 4.49. The van der Waals surface area contributed by atoms with Crippen LogP contribution in [-0.4, -0.2) is 45.5 Å². The summed E-state index contributed by atoms with van der Waals surface area (Å²) >= 11 is 0. The number of nitro groups is 1. The van der Waals surface area contributed by atoms with Crippen LogP contribution in [-0.2, 0) is 24.6 Å². The molecular weight excluding hydrogens is 398 g/mol. The van der Waals surface area contributed by atoms with Crippen LogP contribution in [0.3, 0.4) is 0 Å². The highest BCUT2D eigenvalue weighted by atomic mass is 16.6. The number of nitro benzene ring substituents is 1. The molecule has 0 heterocycles. The molecule has 0 spiro atoms. The molecule has 0 aliphatic rings. The lowest BCUT2D eigenvalue weighted by molar-refractivity contribution is -0.385. The maximum absolute atomic E-state index is 12.0. The summed E-state index contributed by atoms with van der Waals surface area (Å²) in [5.74, 6) is -1.06. The Morgan fingerprint density at radius 3 is 2.10 bits per heavy atom. The van der Waals surface area contributed by atoms with Gasteiger partial charge in [0.1, 0.15) is 11.5 Å². The van der Waals surface area contributed by atoms with E-state index in [1.54, 1.807) is 0 Å². The van der Waals surface area contributed by atoms with Gasteiger partial charge in [0.25, 0.3) is 5.69 Å². The van der Waals surface area contributed by atoms with Crippen LogP contribution in [0.4, 0.5) is 5.69 Å². The summed E-state index contributed by atoms with van der Waals surface area (Å²) in [6.45, 7) is -1.41. The molecule has 0 saturated carbocycles. The van der Waals surface area contributed by atoms with Gasteiger partial charge in [-0.25, -0.2) is 4.79 Å². The van der Waals surface area contributed by atoms with E-state index in [4.69, 9.17) is 9.47 Å². The molecule has 0 fully saturated rings. The zero-order valence-electron chi connectivity index (χ0n) is 16.3. The SMILES string of the molecule is COc1cc(C=C(C(=O)O)c2cc(CO)c(CO)c(OC)c2)c([N+](=O)[O-])cc1CO. The largest absolute Gasteiger partial charge is 0.496 e. The molecule has 2 aromatic rings. The molecule has 0 unspecified atom stereocenters. The van der Waals surface area contributed by atoms with Crippen LogP contribution >= 0.6 is 0 Å². The van der Waals surface area contributed by atoms with E-state index in [-0.39, 0.29) is 39.3 Å². The number of carbonyl (C=O) groups is 1. The number of hydrogen-bond donors (Lipinski definition) is 4. The molecule has 10 heteroatoms. The Morgan fingerprint density at radius 1 is 1.00 bits per heavy atom. The molecule has 0 atom stereocenters. The van der Waals surface area contributed by atoms with Gasteiger partial charge >= 0.3 is 5.97 Å². The molecule has 0 aromatic heterocycles. The number of rotatable bonds is 9. The van der Waals surface area contributed by atoms with Crippen LogP contribution < -0.4 is 9.47 Å². The van der Waals surface area contributed by atoms with E-state index < -0.39 is 36.4 Å². The van der Waals surface area contributed by atoms with Crippen molar-refractivity contribution in [1.82, 2.24) is 0 Å². The van der Waals surface area contributed by atoms with E-state index in [0.717, 1.165) is 12.1 Å². The number of hydrogen-bond acceptors (Lipinski definition) is 8. The zero-order chi connectivity index (χ0) is 22.4. The minimum absolute atomic E-state index is 0.0535. The molecule has 0 bridgehead atoms. The molecule has 0 radical (unpaired) electrons. The first kappa shape index (κ1) is 22.8. The average molecular weight is 419 g/mol. The van der Waals surface area contributed by atoms with Gasteiger partial charge in [0.05, 0.1) is 50.1 Å². The second-order valence-corrected chi connectivity index (χ2v) is 6.13. The van der Waals surface area contributed by atoms with Crippen molar-refractivity contribution in [3.8, 4) is 11.5 Å². The number of aliphatic hydroxyl groups excluding tert-OH is 3. The fraction of sp³-hybridized carbons (Fsp3) is 0.250. The topological polar surface area (TPSA) is 160 Å². The lowest BCUT2D eigenvalue weighted by atomic mass is 9.96. The Bertz CT molecular complexity index is 973. The molecule has 4 N–H and O–H groups in total. The predicted octanol–water partition coefficient (Wildman–Crippen LogP) is 1.71. The number of nitrogens with zero attached hydrogens (tertiary/aromatic N) is 1. The fourth-order valence-electron chi connectivity index (χ4n) is 3.00. The van der Waals surface area contributed by atoms with Crippen molar-refractivity contribution in [3.05, 3.63) is 62.2 Å². The summed E-state index contributed by atoms with van der Waals surface area (Å²) in [6.07, 6.45) is 1.10. The van der Waals surface area contributed by atoms with Crippen LogP contribution in [0.1, 0.15) is 27.8 Å². The molecule has 0 aliphatic heterocycles. The minimum atomic E-state index is -1.38. The molecular formula is C20H21NO9. The number of carboxylic acids is 1. The monoisotopic (exact) mass is 419 g/mol. The molecule has 0 saturated heterocycles. The molecule has 2 rings (SSSR count). The maximum Gasteiger partial charge on any atom is 0.336 e. The fourth-order valence-corrected chi connectivity index (χ4v) is 3.00. The number of ether oxygens (including phenoxy) is 2. The van der Waals surface area contributed by atoms with Crippen molar-refractivity contribution >= 4 is 23.3 Å². The predicted molar refractivity (Wildman–Crippen MR) is 106 cm³/mol. The highest BCUT2D eigenvalue weighted by Gasteiger charge is 2.21. The molecule has 10 nitrogen and oxygen atoms in total. The Balaban J connectivity index is 2.79. The third-order valence-electron chi connectivity index (χ3n) is 4.49. The number of aliphatic carboxylic acids is 1. The van der Waals surface area contributed by atoms with E-state index in [1.807, 2.05) is 0 Å². The first-order valence-electron chi connectivity index (χ1n) is 8.64. The standard InChI is InChI=1S/C20H21NO9/c1-29-18-7-12(17(21(27)28)5-14(18)9-23)4-15(20(25)26)11-3-13(8-22)16(10-24)19(6-11)30-2/h3-7,22-24H,8-10H2,1-2H3,(H,25,26). The van der Waals surface area contributed by atoms with Gasteiger partial charge in [0.15, 0.2) is 0 Å². The number of aliphatic hydroxyl groups is 3. The summed E-state index contributed by atoms with van der Waals surface area (Å²) in [5, 5.41) is 49.7. The summed E-state index contributed by atoms with van der Waals surface area (Å²) in [4.78, 5) is 22.7. The zero-order valence-corrected chi connectivity index (χ0v) is 16.3. The van der Waals surface area contributed by atoms with Crippen LogP contribution in [0.25, 0.3) is 11.6 Å². The van der Waals surface area contributed by atoms with Crippen LogP contribution in [0, 0.1) is 10.1 Å². The van der Waals surface area contributed by atoms with Gasteiger partial charge in [0.2, 0.25) is 0 Å². The van der Waals surface area contributed by atoms with Crippen LogP contribution in [0.2, 0.25) is 0 Å². The van der Waals surface area contributed by atoms with Crippen molar-refractivity contribution in [3.63, 3.8) is 0 Å². The molecule has 160 valence electrons. The van der Waals surface area contributed by atoms with Crippen molar-refractivity contribution in [2.75, 3.05) is 14.2 Å². The Morgan fingerprint density at radius 2 is 1.63 bits per heavy atom. The van der Waals surface area contributed by atoms with Crippen LogP contribution in [0.15, 0.2) is 24.3 Å². The van der Waals surface area contributed by atoms with Gasteiger partial charge in [-0.05, 0) is 35.4 Å². The van der Waals surface area contributed by atoms with E-state index >= 15 is 0 Å². The first-order valence-corrected chi connectivity index (χ1v) is 8.64. The van der Waals surface area contributed by atoms with Crippen molar-refractivity contribution in [2.24, 2.45) is 0 Å². The van der Waals surface area contributed by atoms with Gasteiger partial charge in [-0.3, -0.25) is 10.1 Å². The number of methoxy groups -OCH3 is 2. The summed E-state index contributed by atoms with van der Waals surface area (Å²) < 4.78 is 10.3. The first-order chi connectivity index (χ1) is 14.3. The van der Waals surface area contributed by atoms with E-state index in [0.29, 0.717) is 5.56 Å². The second kappa shape index (κ2) is 9.83. The molecule has 0 amide bonds. The summed E-state index contributed by atoms with van der Waals surface area (Å²) in [7, 11) is 2.64. The Kier molecular flexibility index (Phi) is 7.48. The van der Waals surface area contributed by atoms with Gasteiger partial charge in [0, 0.05) is 17.2 Å². The van der Waals surface area contributed by atoms with E-state index in [1.165, 1.54) is 32.4 Å². The molecule has 2 aromatic carbocycles. The molecule has 0 aliphatic carbocycles. The van der Waals surface area contributed by atoms with Crippen LogP contribution in [0.5, 0.6) is 11.5 Å². The van der Waals surface area contributed by atoms with Crippen molar-refractivity contribution in [1.29, 1.82) is 0 Å². The Labute approximate surface area is 171 Å². The van der Waals surface area contributed by atoms with Crippen molar-refractivity contribution in [2.45, 2.75) is 19.8 Å². The highest BCUT2D eigenvalue weighted by molar-refractivity contribution is 6.21. The van der Waals surface area contributed by atoms with Crippen molar-refractivity contribution < 1.29 is 39.6 Å². The van der Waals surface area contributed by atoms with Gasteiger partial charge < -0.3 is 29.9 Å². The summed E-state index contributed by atoms with van der Waals surface area (Å²) in [6, 6.07) is 5.09. The Hall–Kier alpha value is -3.47. The van der Waals surface area contributed by atoms with Gasteiger partial charge in [-0.15, -0.1) is 0 Å². The van der Waals surface area contributed by atoms with E-state index in [9.17, 15) is 35.3 Å². The smallest absolute Gasteiger partial charge is 0.336 e. The minimum Gasteiger partial charge on any atom is -0.496 e. The van der Waals surface area contributed by atoms with E-state index in [2.05, 4.69) is 0 Å². The van der Waals surface area contributed by atoms with Gasteiger partial charge in [-0.1, -0.05) is 0 Å². The highest BCUT2D eigenvalue weighted by Crippen LogP contribution is 2.34. The van der Waals surface area contributed by atoms with Gasteiger partial charge in [-0.2, -0.15) is 0 Å². The molecule has 30 heavy (non-hydrogen) atoms.